The molecule has 0 saturated carbocycles. The molecular formula is C31H33N9O3. The quantitative estimate of drug-likeness (QED) is 0.247. The zero-order valence-electron chi connectivity index (χ0n) is 23.7. The fraction of sp³-hybridized carbons (Fsp3) is 0.355. The van der Waals surface area contributed by atoms with Crippen molar-refractivity contribution in [2.24, 2.45) is 0 Å². The van der Waals surface area contributed by atoms with Crippen LogP contribution in [0.3, 0.4) is 0 Å². The lowest BCUT2D eigenvalue weighted by atomic mass is 10.1. The van der Waals surface area contributed by atoms with Crippen LogP contribution in [-0.4, -0.2) is 73.9 Å². The molecule has 1 fully saturated rings. The molecule has 220 valence electrons. The molecule has 1 unspecified atom stereocenters. The summed E-state index contributed by atoms with van der Waals surface area (Å²) in [5, 5.41) is 20.8. The lowest BCUT2D eigenvalue weighted by Gasteiger charge is -2.26. The number of H-pyrrole nitrogens is 1. The van der Waals surface area contributed by atoms with Gasteiger partial charge in [0.1, 0.15) is 23.5 Å². The van der Waals surface area contributed by atoms with Gasteiger partial charge in [-0.1, -0.05) is 24.3 Å². The van der Waals surface area contributed by atoms with Crippen LogP contribution in [0, 0.1) is 0 Å². The maximum absolute atomic E-state index is 13.5. The maximum atomic E-state index is 13.5. The molecule has 12 heteroatoms. The van der Waals surface area contributed by atoms with Gasteiger partial charge in [-0.15, -0.1) is 0 Å². The second-order valence-corrected chi connectivity index (χ2v) is 11.2. The van der Waals surface area contributed by atoms with Gasteiger partial charge in [-0.2, -0.15) is 15.4 Å². The van der Waals surface area contributed by atoms with E-state index in [-0.39, 0.29) is 23.7 Å². The molecule has 4 N–H and O–H groups in total. The maximum Gasteiger partial charge on any atom is 0.274 e. The molecule has 0 radical (unpaired) electrons. The first-order valence-electron chi connectivity index (χ1n) is 14.7. The minimum atomic E-state index is -0.393. The summed E-state index contributed by atoms with van der Waals surface area (Å²) < 4.78 is 5.77. The average molecular weight is 580 g/mol. The second-order valence-electron chi connectivity index (χ2n) is 11.2. The molecule has 43 heavy (non-hydrogen) atoms. The van der Waals surface area contributed by atoms with Crippen molar-refractivity contribution in [3.63, 3.8) is 0 Å². The Bertz CT molecular complexity index is 1620. The van der Waals surface area contributed by atoms with Crippen LogP contribution in [0.15, 0.2) is 54.9 Å². The number of carbonyl (C=O) groups is 2. The van der Waals surface area contributed by atoms with E-state index in [0.717, 1.165) is 43.7 Å². The number of aromatic amines is 1. The van der Waals surface area contributed by atoms with Crippen LogP contribution in [0.5, 0.6) is 0 Å². The molecule has 2 aliphatic heterocycles. The highest BCUT2D eigenvalue weighted by Gasteiger charge is 2.26. The van der Waals surface area contributed by atoms with Gasteiger partial charge >= 0.3 is 0 Å². The molecular weight excluding hydrogens is 546 g/mol. The molecule has 4 heterocycles. The summed E-state index contributed by atoms with van der Waals surface area (Å²) in [6, 6.07) is 15.6. The number of fused-ring (bicyclic) bond motifs is 2. The number of anilines is 3. The van der Waals surface area contributed by atoms with Crippen LogP contribution in [0.25, 0.3) is 0 Å². The van der Waals surface area contributed by atoms with E-state index in [0.29, 0.717) is 48.8 Å². The number of carbonyl (C=O) groups excluding carboxylic acids is 2. The van der Waals surface area contributed by atoms with Crippen LogP contribution < -0.4 is 16.0 Å². The van der Waals surface area contributed by atoms with Crippen molar-refractivity contribution in [3.8, 4) is 0 Å². The number of hydrogen-bond donors (Lipinski definition) is 4. The minimum absolute atomic E-state index is 0.104. The largest absolute Gasteiger partial charge is 0.381 e. The van der Waals surface area contributed by atoms with E-state index in [1.165, 1.54) is 17.5 Å². The van der Waals surface area contributed by atoms with Crippen molar-refractivity contribution >= 4 is 29.0 Å². The number of amides is 2. The predicted octanol–water partition coefficient (Wildman–Crippen LogP) is 3.22. The highest BCUT2D eigenvalue weighted by atomic mass is 16.5. The molecule has 2 aromatic carbocycles. The first kappa shape index (κ1) is 27.0. The van der Waals surface area contributed by atoms with Crippen LogP contribution in [0.1, 0.15) is 56.2 Å². The van der Waals surface area contributed by atoms with Gasteiger partial charge in [0.05, 0.1) is 29.7 Å². The van der Waals surface area contributed by atoms with Gasteiger partial charge in [0.15, 0.2) is 0 Å². The summed E-state index contributed by atoms with van der Waals surface area (Å²) >= 11 is 0. The molecule has 2 aromatic heterocycles. The second kappa shape index (κ2) is 11.8. The SMILES string of the molecule is O=C(Nc1cc(C(=O)N2CCc3n[nH]nc3C2)ccc1NCC1CCCO1)c1cc(NC2Cc3ccccc3C2)ncn1. The zero-order valence-corrected chi connectivity index (χ0v) is 23.7. The first-order valence-corrected chi connectivity index (χ1v) is 14.7. The normalized spacial score (nSPS) is 17.8. The molecule has 1 saturated heterocycles. The molecule has 3 aliphatic rings. The molecule has 7 rings (SSSR count). The number of aromatic nitrogens is 5. The molecule has 0 bridgehead atoms. The Kier molecular flexibility index (Phi) is 7.42. The van der Waals surface area contributed by atoms with Crippen molar-refractivity contribution in [2.75, 3.05) is 35.6 Å². The topological polar surface area (TPSA) is 150 Å². The van der Waals surface area contributed by atoms with Crippen LogP contribution in [-0.2, 0) is 30.5 Å². The van der Waals surface area contributed by atoms with Gasteiger partial charge in [0.25, 0.3) is 11.8 Å². The van der Waals surface area contributed by atoms with Crippen LogP contribution in [0.4, 0.5) is 17.2 Å². The fourth-order valence-electron chi connectivity index (χ4n) is 6.04. The van der Waals surface area contributed by atoms with E-state index in [2.05, 4.69) is 65.6 Å². The minimum Gasteiger partial charge on any atom is -0.381 e. The average Bonchev–Trinajstić information content (AvgIpc) is 3.81. The number of nitrogens with zero attached hydrogens (tertiary/aromatic N) is 5. The van der Waals surface area contributed by atoms with Gasteiger partial charge in [0.2, 0.25) is 0 Å². The molecule has 2 amide bonds. The summed E-state index contributed by atoms with van der Waals surface area (Å²) in [6.07, 6.45) is 5.95. The standard InChI is InChI=1S/C31H33N9O3/c41-30(27-15-29(34-18-33-27)35-22-12-19-4-1-2-5-20(19)13-22)36-26-14-21(7-8-24(26)32-16-23-6-3-11-43-23)31(42)40-10-9-25-28(17-40)38-39-37-25/h1-2,4-5,7-8,14-15,18,22-23,32H,3,6,9-13,16-17H2,(H,36,41)(H,33,34,35)(H,37,38,39). The van der Waals surface area contributed by atoms with E-state index >= 15 is 0 Å². The van der Waals surface area contributed by atoms with E-state index in [4.69, 9.17) is 4.74 Å². The summed E-state index contributed by atoms with van der Waals surface area (Å²) in [7, 11) is 0. The molecule has 1 aliphatic carbocycles. The number of nitrogens with one attached hydrogen (secondary N) is 4. The Morgan fingerprint density at radius 2 is 1.84 bits per heavy atom. The molecule has 4 aromatic rings. The summed E-state index contributed by atoms with van der Waals surface area (Å²) in [5.74, 6) is 0.0620. The lowest BCUT2D eigenvalue weighted by Crippen LogP contribution is -2.36. The predicted molar refractivity (Wildman–Crippen MR) is 160 cm³/mol. The summed E-state index contributed by atoms with van der Waals surface area (Å²) in [4.78, 5) is 37.3. The number of ether oxygens (including phenoxy) is 1. The highest BCUT2D eigenvalue weighted by Crippen LogP contribution is 2.28. The first-order chi connectivity index (χ1) is 21.1. The third kappa shape index (κ3) is 5.91. The third-order valence-corrected chi connectivity index (χ3v) is 8.31. The number of hydrogen-bond acceptors (Lipinski definition) is 9. The lowest BCUT2D eigenvalue weighted by molar-refractivity contribution is 0.0731. The van der Waals surface area contributed by atoms with Gasteiger partial charge in [-0.25, -0.2) is 9.97 Å². The van der Waals surface area contributed by atoms with Gasteiger partial charge in [-0.3, -0.25) is 9.59 Å². The van der Waals surface area contributed by atoms with Gasteiger partial charge < -0.3 is 25.6 Å². The Morgan fingerprint density at radius 3 is 2.65 bits per heavy atom. The van der Waals surface area contributed by atoms with Gasteiger partial charge in [-0.05, 0) is 55.0 Å². The zero-order chi connectivity index (χ0) is 29.2. The number of rotatable bonds is 8. The van der Waals surface area contributed by atoms with Crippen molar-refractivity contribution < 1.29 is 14.3 Å². The van der Waals surface area contributed by atoms with Crippen molar-refractivity contribution in [3.05, 3.63) is 88.6 Å². The summed E-state index contributed by atoms with van der Waals surface area (Å²) in [5.41, 5.74) is 6.21. The molecule has 0 spiro atoms. The Hall–Kier alpha value is -4.84. The molecule has 12 nitrogen and oxygen atoms in total. The van der Waals surface area contributed by atoms with E-state index in [1.807, 2.05) is 6.07 Å². The van der Waals surface area contributed by atoms with Crippen molar-refractivity contribution in [1.82, 2.24) is 30.3 Å². The summed E-state index contributed by atoms with van der Waals surface area (Å²) in [6.45, 7) is 2.28. The Labute approximate surface area is 248 Å². The van der Waals surface area contributed by atoms with Gasteiger partial charge in [0, 0.05) is 43.8 Å². The third-order valence-electron chi connectivity index (χ3n) is 8.31. The highest BCUT2D eigenvalue weighted by molar-refractivity contribution is 6.06. The Morgan fingerprint density at radius 1 is 1.00 bits per heavy atom. The van der Waals surface area contributed by atoms with Crippen LogP contribution in [0.2, 0.25) is 0 Å². The smallest absolute Gasteiger partial charge is 0.274 e. The van der Waals surface area contributed by atoms with E-state index in [1.54, 1.807) is 23.1 Å². The fourth-order valence-corrected chi connectivity index (χ4v) is 6.04. The van der Waals surface area contributed by atoms with Crippen molar-refractivity contribution in [2.45, 2.75) is 50.8 Å². The molecule has 1 atom stereocenters. The van der Waals surface area contributed by atoms with E-state index < -0.39 is 5.91 Å². The van der Waals surface area contributed by atoms with Crippen LogP contribution >= 0.6 is 0 Å². The Balaban J connectivity index is 1.08. The number of benzene rings is 2. The monoisotopic (exact) mass is 579 g/mol. The van der Waals surface area contributed by atoms with E-state index in [9.17, 15) is 9.59 Å². The van der Waals surface area contributed by atoms with Crippen molar-refractivity contribution in [1.29, 1.82) is 0 Å².